The molecule has 2 nitrogen and oxygen atoms in total. The Bertz CT molecular complexity index is 623. The largest absolute Gasteiger partial charge is 0.312 e. The van der Waals surface area contributed by atoms with Crippen LogP contribution in [-0.2, 0) is 11.2 Å². The molecule has 1 aromatic rings. The van der Waals surface area contributed by atoms with Crippen molar-refractivity contribution < 1.29 is 13.6 Å². The van der Waals surface area contributed by atoms with Crippen LogP contribution < -0.4 is 4.90 Å². The van der Waals surface area contributed by atoms with E-state index in [9.17, 15) is 13.6 Å². The molecule has 5 heteroatoms. The van der Waals surface area contributed by atoms with Gasteiger partial charge in [-0.2, -0.15) is 0 Å². The molecule has 1 unspecified atom stereocenters. The SMILES string of the molecule is O=C(C1C(F)(F)C12CC2)N1CCCCc2cc(Br)ccc21. The summed E-state index contributed by atoms with van der Waals surface area (Å²) in [5, 5.41) is 0. The van der Waals surface area contributed by atoms with Crippen LogP contribution in [0.4, 0.5) is 14.5 Å². The van der Waals surface area contributed by atoms with Crippen LogP contribution in [0.1, 0.15) is 31.2 Å². The first-order chi connectivity index (χ1) is 9.97. The lowest BCUT2D eigenvalue weighted by atomic mass is 10.1. The van der Waals surface area contributed by atoms with Crippen molar-refractivity contribution in [2.75, 3.05) is 11.4 Å². The molecule has 0 radical (unpaired) electrons. The summed E-state index contributed by atoms with van der Waals surface area (Å²) in [4.78, 5) is 14.3. The Balaban J connectivity index is 1.68. The molecule has 21 heavy (non-hydrogen) atoms. The van der Waals surface area contributed by atoms with E-state index in [0.29, 0.717) is 19.4 Å². The number of aryl methyl sites for hydroxylation is 1. The van der Waals surface area contributed by atoms with Gasteiger partial charge in [0.05, 0.1) is 5.41 Å². The molecule has 2 aliphatic carbocycles. The van der Waals surface area contributed by atoms with Gasteiger partial charge in [-0.05, 0) is 55.9 Å². The third-order valence-electron chi connectivity index (χ3n) is 5.21. The van der Waals surface area contributed by atoms with Gasteiger partial charge in [-0.15, -0.1) is 0 Å². The lowest BCUT2D eigenvalue weighted by molar-refractivity contribution is -0.121. The first-order valence-corrected chi connectivity index (χ1v) is 8.24. The molecule has 1 spiro atoms. The van der Waals surface area contributed by atoms with Gasteiger partial charge in [-0.3, -0.25) is 4.79 Å². The Hall–Kier alpha value is -0.970. The molecule has 112 valence electrons. The van der Waals surface area contributed by atoms with Crippen LogP contribution >= 0.6 is 15.9 Å². The standard InChI is InChI=1S/C16H16BrF2NO/c17-11-4-5-12-10(9-11)3-1-2-8-20(12)14(21)13-15(6-7-15)16(13,18)19/h4-5,9,13H,1-3,6-8H2. The van der Waals surface area contributed by atoms with Gasteiger partial charge in [0.1, 0.15) is 5.92 Å². The Kier molecular flexibility index (Phi) is 2.79. The maximum atomic E-state index is 13.9. The van der Waals surface area contributed by atoms with Crippen molar-refractivity contribution in [2.45, 2.75) is 38.0 Å². The first-order valence-electron chi connectivity index (χ1n) is 7.45. The highest BCUT2D eigenvalue weighted by Gasteiger charge is 2.89. The third-order valence-corrected chi connectivity index (χ3v) is 5.70. The minimum absolute atomic E-state index is 0.372. The number of amides is 1. The molecule has 1 aliphatic heterocycles. The molecule has 2 fully saturated rings. The fourth-order valence-corrected chi connectivity index (χ4v) is 4.17. The van der Waals surface area contributed by atoms with Crippen LogP contribution in [-0.4, -0.2) is 18.4 Å². The third kappa shape index (κ3) is 1.82. The molecule has 1 aromatic carbocycles. The van der Waals surface area contributed by atoms with E-state index in [1.165, 1.54) is 0 Å². The topological polar surface area (TPSA) is 20.3 Å². The van der Waals surface area contributed by atoms with Gasteiger partial charge in [0, 0.05) is 16.7 Å². The molecule has 1 amide bonds. The zero-order valence-electron chi connectivity index (χ0n) is 11.5. The molecule has 0 bridgehead atoms. The van der Waals surface area contributed by atoms with Crippen molar-refractivity contribution in [3.05, 3.63) is 28.2 Å². The summed E-state index contributed by atoms with van der Waals surface area (Å²) in [6.07, 6.45) is 3.74. The van der Waals surface area contributed by atoms with E-state index in [4.69, 9.17) is 0 Å². The second-order valence-corrected chi connectivity index (χ2v) is 7.35. The number of hydrogen-bond donors (Lipinski definition) is 0. The number of hydrogen-bond acceptors (Lipinski definition) is 1. The van der Waals surface area contributed by atoms with E-state index in [0.717, 1.165) is 35.0 Å². The smallest absolute Gasteiger partial charge is 0.266 e. The first kappa shape index (κ1) is 13.7. The van der Waals surface area contributed by atoms with Crippen LogP contribution in [0.25, 0.3) is 0 Å². The summed E-state index contributed by atoms with van der Waals surface area (Å²) in [7, 11) is 0. The summed E-state index contributed by atoms with van der Waals surface area (Å²) in [5.74, 6) is -4.24. The number of benzene rings is 1. The maximum absolute atomic E-state index is 13.9. The van der Waals surface area contributed by atoms with Crippen LogP contribution in [0.15, 0.2) is 22.7 Å². The average molecular weight is 356 g/mol. The Morgan fingerprint density at radius 2 is 2.05 bits per heavy atom. The second kappa shape index (κ2) is 4.28. The monoisotopic (exact) mass is 355 g/mol. The van der Waals surface area contributed by atoms with Crippen molar-refractivity contribution in [1.82, 2.24) is 0 Å². The molecule has 0 N–H and O–H groups in total. The van der Waals surface area contributed by atoms with E-state index in [1.54, 1.807) is 4.90 Å². The number of carbonyl (C=O) groups is 1. The predicted molar refractivity (Wildman–Crippen MR) is 79.5 cm³/mol. The zero-order chi connectivity index (χ0) is 14.8. The van der Waals surface area contributed by atoms with E-state index in [2.05, 4.69) is 15.9 Å². The van der Waals surface area contributed by atoms with Gasteiger partial charge < -0.3 is 4.90 Å². The lowest BCUT2D eigenvalue weighted by Gasteiger charge is -2.23. The summed E-state index contributed by atoms with van der Waals surface area (Å²) in [5.41, 5.74) is 0.912. The Morgan fingerprint density at radius 1 is 1.29 bits per heavy atom. The number of halogens is 3. The number of alkyl halides is 2. The fourth-order valence-electron chi connectivity index (χ4n) is 3.77. The Labute approximate surface area is 130 Å². The van der Waals surface area contributed by atoms with Crippen LogP contribution in [0, 0.1) is 11.3 Å². The van der Waals surface area contributed by atoms with Gasteiger partial charge in [-0.25, -0.2) is 8.78 Å². The van der Waals surface area contributed by atoms with E-state index in [1.807, 2.05) is 18.2 Å². The van der Waals surface area contributed by atoms with Crippen molar-refractivity contribution in [3.8, 4) is 0 Å². The van der Waals surface area contributed by atoms with Gasteiger partial charge in [-0.1, -0.05) is 15.9 Å². The van der Waals surface area contributed by atoms with Gasteiger partial charge in [0.15, 0.2) is 0 Å². The number of rotatable bonds is 1. The minimum Gasteiger partial charge on any atom is -0.312 e. The predicted octanol–water partition coefficient (Wildman–Crippen LogP) is 4.16. The highest BCUT2D eigenvalue weighted by Crippen LogP contribution is 2.80. The van der Waals surface area contributed by atoms with Crippen LogP contribution in [0.3, 0.4) is 0 Å². The second-order valence-electron chi connectivity index (χ2n) is 6.43. The minimum atomic E-state index is -2.79. The molecule has 4 rings (SSSR count). The summed E-state index contributed by atoms with van der Waals surface area (Å²) >= 11 is 3.44. The highest BCUT2D eigenvalue weighted by molar-refractivity contribution is 9.10. The number of fused-ring (bicyclic) bond motifs is 1. The molecule has 3 aliphatic rings. The normalized spacial score (nSPS) is 28.0. The lowest BCUT2D eigenvalue weighted by Crippen LogP contribution is -2.34. The molecule has 1 atom stereocenters. The van der Waals surface area contributed by atoms with Crippen molar-refractivity contribution in [2.24, 2.45) is 11.3 Å². The van der Waals surface area contributed by atoms with E-state index in [-0.39, 0.29) is 5.91 Å². The molecule has 2 saturated carbocycles. The van der Waals surface area contributed by atoms with Gasteiger partial charge >= 0.3 is 0 Å². The van der Waals surface area contributed by atoms with Crippen molar-refractivity contribution in [3.63, 3.8) is 0 Å². The average Bonchev–Trinajstić information content (AvgIpc) is 3.28. The molecule has 0 saturated heterocycles. The fraction of sp³-hybridized carbons (Fsp3) is 0.562. The van der Waals surface area contributed by atoms with Crippen LogP contribution in [0.2, 0.25) is 0 Å². The van der Waals surface area contributed by atoms with Crippen molar-refractivity contribution >= 4 is 27.5 Å². The highest BCUT2D eigenvalue weighted by atomic mass is 79.9. The Morgan fingerprint density at radius 3 is 2.71 bits per heavy atom. The van der Waals surface area contributed by atoms with Crippen molar-refractivity contribution in [1.29, 1.82) is 0 Å². The summed E-state index contributed by atoms with van der Waals surface area (Å²) in [6, 6.07) is 5.75. The summed E-state index contributed by atoms with van der Waals surface area (Å²) < 4.78 is 28.8. The quantitative estimate of drug-likeness (QED) is 0.740. The molecular weight excluding hydrogens is 340 g/mol. The number of nitrogens with zero attached hydrogens (tertiary/aromatic N) is 1. The van der Waals surface area contributed by atoms with E-state index >= 15 is 0 Å². The van der Waals surface area contributed by atoms with E-state index < -0.39 is 17.3 Å². The summed E-state index contributed by atoms with van der Waals surface area (Å²) in [6.45, 7) is 0.552. The molecular formula is C16H16BrF2NO. The number of anilines is 1. The van der Waals surface area contributed by atoms with Gasteiger partial charge in [0.2, 0.25) is 5.91 Å². The van der Waals surface area contributed by atoms with Crippen LogP contribution in [0.5, 0.6) is 0 Å². The van der Waals surface area contributed by atoms with Gasteiger partial charge in [0.25, 0.3) is 5.92 Å². The maximum Gasteiger partial charge on any atom is 0.266 e. The zero-order valence-corrected chi connectivity index (χ0v) is 13.1. The number of carbonyl (C=O) groups excluding carboxylic acids is 1. The molecule has 1 heterocycles. The molecule has 0 aromatic heterocycles.